The van der Waals surface area contributed by atoms with Crippen LogP contribution in [0.3, 0.4) is 0 Å². The van der Waals surface area contributed by atoms with Crippen molar-refractivity contribution in [1.82, 2.24) is 4.57 Å². The maximum Gasteiger partial charge on any atom is 0.0715 e. The molecule has 1 aromatic heterocycles. The SMILES string of the molecule is C=Cc1c(/C=C\CN(c2ccc3c(c2)-c2ccccc2C32C3=C(CCC=C3)Cc3ccccc32)c2ccc3ccccc3c2)c2ccccc2n1-c1ccccc1. The minimum Gasteiger partial charge on any atom is -0.338 e. The molecule has 1 unspecified atom stereocenters. The molecule has 0 saturated heterocycles. The van der Waals surface area contributed by atoms with Crippen molar-refractivity contribution in [3.8, 4) is 16.8 Å². The Kier molecular flexibility index (Phi) is 7.86. The van der Waals surface area contributed by atoms with E-state index in [1.165, 1.54) is 71.9 Å². The average molecular weight is 731 g/mol. The number of nitrogens with zero attached hydrogens (tertiary/aromatic N) is 2. The maximum absolute atomic E-state index is 4.29. The second-order valence-corrected chi connectivity index (χ2v) is 15.6. The molecule has 0 amide bonds. The van der Waals surface area contributed by atoms with E-state index < -0.39 is 0 Å². The van der Waals surface area contributed by atoms with Gasteiger partial charge in [0, 0.05) is 34.6 Å². The Morgan fingerprint density at radius 3 is 2.26 bits per heavy atom. The summed E-state index contributed by atoms with van der Waals surface area (Å²) < 4.78 is 2.32. The Bertz CT molecular complexity index is 2990. The first-order valence-corrected chi connectivity index (χ1v) is 20.2. The van der Waals surface area contributed by atoms with Gasteiger partial charge in [-0.3, -0.25) is 0 Å². The molecule has 8 aromatic rings. The largest absolute Gasteiger partial charge is 0.338 e. The number of fused-ring (bicyclic) bond motifs is 10. The Morgan fingerprint density at radius 2 is 1.37 bits per heavy atom. The van der Waals surface area contributed by atoms with Crippen LogP contribution in [0.2, 0.25) is 0 Å². The van der Waals surface area contributed by atoms with Gasteiger partial charge in [0.05, 0.1) is 16.6 Å². The first-order valence-electron chi connectivity index (χ1n) is 20.2. The molecular formula is C55H42N2. The van der Waals surface area contributed by atoms with Crippen LogP contribution in [0.1, 0.15) is 46.4 Å². The minimum atomic E-state index is -0.326. The summed E-state index contributed by atoms with van der Waals surface area (Å²) in [4.78, 5) is 2.47. The second-order valence-electron chi connectivity index (χ2n) is 15.6. The van der Waals surface area contributed by atoms with Crippen LogP contribution in [0, 0.1) is 0 Å². The molecule has 1 heterocycles. The van der Waals surface area contributed by atoms with Crippen molar-refractivity contribution in [2.45, 2.75) is 24.7 Å². The van der Waals surface area contributed by atoms with Crippen LogP contribution in [0.4, 0.5) is 11.4 Å². The van der Waals surface area contributed by atoms with Crippen LogP contribution in [-0.4, -0.2) is 11.1 Å². The number of hydrogen-bond acceptors (Lipinski definition) is 1. The van der Waals surface area contributed by atoms with Crippen LogP contribution in [0.5, 0.6) is 0 Å². The smallest absolute Gasteiger partial charge is 0.0715 e. The summed E-state index contributed by atoms with van der Waals surface area (Å²) in [6.45, 7) is 4.98. The summed E-state index contributed by atoms with van der Waals surface area (Å²) in [7, 11) is 0. The summed E-state index contributed by atoms with van der Waals surface area (Å²) >= 11 is 0. The molecule has 2 nitrogen and oxygen atoms in total. The first-order chi connectivity index (χ1) is 28.2. The lowest BCUT2D eigenvalue weighted by atomic mass is 9.60. The summed E-state index contributed by atoms with van der Waals surface area (Å²) in [5, 5.41) is 3.69. The van der Waals surface area contributed by atoms with Gasteiger partial charge in [-0.05, 0) is 118 Å². The topological polar surface area (TPSA) is 8.17 Å². The van der Waals surface area contributed by atoms with Crippen molar-refractivity contribution >= 4 is 45.2 Å². The Labute approximate surface area is 334 Å². The molecule has 0 saturated carbocycles. The predicted molar refractivity (Wildman–Crippen MR) is 241 cm³/mol. The van der Waals surface area contributed by atoms with E-state index >= 15 is 0 Å². The maximum atomic E-state index is 4.29. The van der Waals surface area contributed by atoms with E-state index in [0.29, 0.717) is 6.54 Å². The number of allylic oxidation sites excluding steroid dienone is 4. The van der Waals surface area contributed by atoms with Gasteiger partial charge in [-0.1, -0.05) is 158 Å². The molecule has 0 bridgehead atoms. The van der Waals surface area contributed by atoms with Gasteiger partial charge in [-0.2, -0.15) is 0 Å². The first kappa shape index (κ1) is 33.4. The molecule has 57 heavy (non-hydrogen) atoms. The fraction of sp³-hybridized carbons (Fsp3) is 0.0909. The van der Waals surface area contributed by atoms with Gasteiger partial charge in [-0.25, -0.2) is 0 Å². The van der Waals surface area contributed by atoms with Crippen molar-refractivity contribution in [2.75, 3.05) is 11.4 Å². The molecule has 3 aliphatic rings. The molecule has 7 aromatic carbocycles. The van der Waals surface area contributed by atoms with Crippen molar-refractivity contribution < 1.29 is 0 Å². The number of hydrogen-bond donors (Lipinski definition) is 0. The quantitative estimate of drug-likeness (QED) is 0.158. The van der Waals surface area contributed by atoms with Gasteiger partial charge in [-0.15, -0.1) is 0 Å². The van der Waals surface area contributed by atoms with Crippen LogP contribution in [0.15, 0.2) is 200 Å². The fourth-order valence-corrected chi connectivity index (χ4v) is 10.2. The highest BCUT2D eigenvalue weighted by Gasteiger charge is 2.50. The predicted octanol–water partition coefficient (Wildman–Crippen LogP) is 13.8. The summed E-state index contributed by atoms with van der Waals surface area (Å²) in [5.74, 6) is 0. The third-order valence-electron chi connectivity index (χ3n) is 12.6. The molecule has 0 radical (unpaired) electrons. The van der Waals surface area contributed by atoms with Crippen molar-refractivity contribution in [3.63, 3.8) is 0 Å². The Morgan fingerprint density at radius 1 is 0.649 bits per heavy atom. The van der Waals surface area contributed by atoms with Gasteiger partial charge in [0.1, 0.15) is 0 Å². The normalized spacial score (nSPS) is 16.6. The molecule has 3 aliphatic carbocycles. The molecule has 0 fully saturated rings. The van der Waals surface area contributed by atoms with E-state index in [1.807, 2.05) is 6.08 Å². The van der Waals surface area contributed by atoms with E-state index in [0.717, 1.165) is 36.3 Å². The number of aromatic nitrogens is 1. The van der Waals surface area contributed by atoms with E-state index in [4.69, 9.17) is 0 Å². The van der Waals surface area contributed by atoms with Crippen molar-refractivity contribution in [2.24, 2.45) is 0 Å². The van der Waals surface area contributed by atoms with Crippen molar-refractivity contribution in [3.05, 3.63) is 233 Å². The van der Waals surface area contributed by atoms with E-state index in [9.17, 15) is 0 Å². The fourth-order valence-electron chi connectivity index (χ4n) is 10.2. The summed E-state index contributed by atoms with van der Waals surface area (Å²) in [6, 6.07) is 60.4. The number of benzene rings is 7. The highest BCUT2D eigenvalue weighted by atomic mass is 15.1. The standard InChI is InChI=1S/C55H42N2/c1-2-53-46(47-24-11-15-29-54(47)57(53)42-21-4-3-5-22-42)25-16-34-56(43-31-30-38-17-6-7-18-39(38)36-43)44-32-33-52-48(37-44)45-23-10-14-28-51(45)55(52)49-26-12-8-19-40(49)35-41-20-9-13-27-50(41)55/h2-8,10-19,21-33,36-37H,1,9,20,34-35H2/b25-16-. The zero-order valence-electron chi connectivity index (χ0n) is 31.9. The van der Waals surface area contributed by atoms with E-state index in [1.54, 1.807) is 5.57 Å². The minimum absolute atomic E-state index is 0.326. The molecule has 11 rings (SSSR count). The van der Waals surface area contributed by atoms with Crippen LogP contribution in [0.25, 0.3) is 50.6 Å². The number of anilines is 2. The van der Waals surface area contributed by atoms with E-state index in [-0.39, 0.29) is 5.41 Å². The van der Waals surface area contributed by atoms with Gasteiger partial charge in [0.2, 0.25) is 0 Å². The van der Waals surface area contributed by atoms with Gasteiger partial charge in [0.15, 0.2) is 0 Å². The average Bonchev–Trinajstić information content (AvgIpc) is 3.75. The molecule has 2 heteroatoms. The van der Waals surface area contributed by atoms with Gasteiger partial charge < -0.3 is 9.47 Å². The summed E-state index contributed by atoms with van der Waals surface area (Å²) in [6.07, 6.45) is 14.7. The zero-order valence-corrected chi connectivity index (χ0v) is 31.9. The molecule has 0 aliphatic heterocycles. The Hall–Kier alpha value is -6.90. The van der Waals surface area contributed by atoms with Gasteiger partial charge >= 0.3 is 0 Å². The van der Waals surface area contributed by atoms with Crippen LogP contribution < -0.4 is 4.90 Å². The summed E-state index contributed by atoms with van der Waals surface area (Å²) in [5.41, 5.74) is 18.0. The molecular weight excluding hydrogens is 689 g/mol. The lowest BCUT2D eigenvalue weighted by Crippen LogP contribution is -2.35. The highest BCUT2D eigenvalue weighted by molar-refractivity contribution is 5.96. The Balaban J connectivity index is 1.08. The molecule has 0 N–H and O–H groups in total. The monoisotopic (exact) mass is 730 g/mol. The van der Waals surface area contributed by atoms with E-state index in [2.05, 4.69) is 204 Å². The van der Waals surface area contributed by atoms with Gasteiger partial charge in [0.25, 0.3) is 0 Å². The van der Waals surface area contributed by atoms with Crippen molar-refractivity contribution in [1.29, 1.82) is 0 Å². The number of para-hydroxylation sites is 2. The zero-order chi connectivity index (χ0) is 37.9. The highest BCUT2D eigenvalue weighted by Crippen LogP contribution is 2.61. The molecule has 272 valence electrons. The second kappa shape index (κ2) is 13.4. The number of rotatable bonds is 7. The molecule has 1 spiro atoms. The molecule has 1 atom stereocenters. The third kappa shape index (κ3) is 5.10. The van der Waals surface area contributed by atoms with Crippen LogP contribution >= 0.6 is 0 Å². The van der Waals surface area contributed by atoms with Crippen LogP contribution in [-0.2, 0) is 11.8 Å². The lowest BCUT2D eigenvalue weighted by Gasteiger charge is -2.42. The lowest BCUT2D eigenvalue weighted by molar-refractivity contribution is 0.687. The third-order valence-corrected chi connectivity index (χ3v) is 12.6.